The topological polar surface area (TPSA) is 96.7 Å². The van der Waals surface area contributed by atoms with E-state index in [4.69, 9.17) is 0 Å². The quantitative estimate of drug-likeness (QED) is 0.740. The summed E-state index contributed by atoms with van der Waals surface area (Å²) in [5.41, 5.74) is 1.24. The Morgan fingerprint density at radius 2 is 2.37 bits per heavy atom. The van der Waals surface area contributed by atoms with Gasteiger partial charge in [-0.2, -0.15) is 10.1 Å². The molecule has 0 saturated heterocycles. The lowest BCUT2D eigenvalue weighted by atomic mass is 10.1. The van der Waals surface area contributed by atoms with Crippen molar-refractivity contribution in [2.75, 3.05) is 0 Å². The molecular formula is C12H11N5O2. The van der Waals surface area contributed by atoms with E-state index in [1.165, 1.54) is 6.39 Å². The number of amides is 1. The van der Waals surface area contributed by atoms with Gasteiger partial charge in [0.15, 0.2) is 5.82 Å². The molecule has 19 heavy (non-hydrogen) atoms. The summed E-state index contributed by atoms with van der Waals surface area (Å²) < 4.78 is 4.65. The van der Waals surface area contributed by atoms with Gasteiger partial charge in [-0.25, -0.2) is 0 Å². The van der Waals surface area contributed by atoms with E-state index in [0.717, 1.165) is 5.39 Å². The van der Waals surface area contributed by atoms with Crippen molar-refractivity contribution in [1.82, 2.24) is 25.7 Å². The third kappa shape index (κ3) is 2.05. The molecule has 0 bridgehead atoms. The number of benzene rings is 1. The Bertz CT molecular complexity index is 704. The Kier molecular flexibility index (Phi) is 2.71. The van der Waals surface area contributed by atoms with E-state index >= 15 is 0 Å². The normalized spacial score (nSPS) is 12.5. The van der Waals surface area contributed by atoms with Crippen LogP contribution in [0.2, 0.25) is 0 Å². The Hall–Kier alpha value is -2.70. The van der Waals surface area contributed by atoms with Gasteiger partial charge in [0, 0.05) is 5.39 Å². The van der Waals surface area contributed by atoms with Gasteiger partial charge < -0.3 is 9.84 Å². The Labute approximate surface area is 108 Å². The van der Waals surface area contributed by atoms with Crippen molar-refractivity contribution in [3.05, 3.63) is 42.2 Å². The van der Waals surface area contributed by atoms with Crippen LogP contribution in [-0.4, -0.2) is 26.2 Å². The zero-order valence-corrected chi connectivity index (χ0v) is 10.1. The SMILES string of the molecule is C[C@@H](NC(=O)c1cccc2cn[nH]c12)c1ncon1. The fourth-order valence-electron chi connectivity index (χ4n) is 1.87. The predicted octanol–water partition coefficient (Wildman–Crippen LogP) is 1.44. The molecule has 2 N–H and O–H groups in total. The standard InChI is InChI=1S/C12H11N5O2/c1-7(11-13-6-19-17-11)15-12(18)9-4-2-3-8-5-14-16-10(8)9/h2-7H,1H3,(H,14,16)(H,15,18)/t7-/m1/s1. The van der Waals surface area contributed by atoms with Gasteiger partial charge in [0.05, 0.1) is 23.3 Å². The Balaban J connectivity index is 1.86. The highest BCUT2D eigenvalue weighted by atomic mass is 16.5. The second kappa shape index (κ2) is 4.52. The number of aromatic nitrogens is 4. The summed E-state index contributed by atoms with van der Waals surface area (Å²) in [7, 11) is 0. The molecule has 96 valence electrons. The lowest BCUT2D eigenvalue weighted by Gasteiger charge is -2.10. The van der Waals surface area contributed by atoms with E-state index < -0.39 is 0 Å². The molecule has 3 rings (SSSR count). The largest absolute Gasteiger partial charge is 0.343 e. The molecule has 1 aromatic carbocycles. The molecule has 7 nitrogen and oxygen atoms in total. The highest BCUT2D eigenvalue weighted by Crippen LogP contribution is 2.16. The average molecular weight is 257 g/mol. The first-order chi connectivity index (χ1) is 9.25. The van der Waals surface area contributed by atoms with Crippen molar-refractivity contribution >= 4 is 16.8 Å². The van der Waals surface area contributed by atoms with E-state index in [1.54, 1.807) is 19.2 Å². The van der Waals surface area contributed by atoms with E-state index in [2.05, 4.69) is 30.2 Å². The summed E-state index contributed by atoms with van der Waals surface area (Å²) in [4.78, 5) is 16.1. The number of carbonyl (C=O) groups is 1. The lowest BCUT2D eigenvalue weighted by molar-refractivity contribution is 0.0939. The van der Waals surface area contributed by atoms with Crippen LogP contribution < -0.4 is 5.32 Å². The van der Waals surface area contributed by atoms with E-state index in [9.17, 15) is 4.79 Å². The number of para-hydroxylation sites is 1. The maximum Gasteiger partial charge on any atom is 0.254 e. The van der Waals surface area contributed by atoms with Gasteiger partial charge in [0.1, 0.15) is 0 Å². The molecule has 3 aromatic rings. The first-order valence-electron chi connectivity index (χ1n) is 5.75. The van der Waals surface area contributed by atoms with E-state index in [-0.39, 0.29) is 11.9 Å². The summed E-state index contributed by atoms with van der Waals surface area (Å²) in [5, 5.41) is 14.1. The minimum Gasteiger partial charge on any atom is -0.343 e. The van der Waals surface area contributed by atoms with E-state index in [0.29, 0.717) is 16.9 Å². The second-order valence-corrected chi connectivity index (χ2v) is 4.12. The smallest absolute Gasteiger partial charge is 0.254 e. The van der Waals surface area contributed by atoms with Crippen LogP contribution in [0.5, 0.6) is 0 Å². The van der Waals surface area contributed by atoms with Gasteiger partial charge in [0.2, 0.25) is 6.39 Å². The van der Waals surface area contributed by atoms with Crippen LogP contribution in [-0.2, 0) is 0 Å². The van der Waals surface area contributed by atoms with Crippen molar-refractivity contribution in [3.63, 3.8) is 0 Å². The molecule has 0 fully saturated rings. The van der Waals surface area contributed by atoms with Crippen LogP contribution in [0.15, 0.2) is 35.3 Å². The fourth-order valence-corrected chi connectivity index (χ4v) is 1.87. The van der Waals surface area contributed by atoms with E-state index in [1.807, 2.05) is 12.1 Å². The van der Waals surface area contributed by atoms with Gasteiger partial charge in [-0.05, 0) is 13.0 Å². The summed E-state index contributed by atoms with van der Waals surface area (Å²) in [6, 6.07) is 5.10. The number of hydrogen-bond donors (Lipinski definition) is 2. The van der Waals surface area contributed by atoms with Crippen LogP contribution >= 0.6 is 0 Å². The third-order valence-corrected chi connectivity index (χ3v) is 2.83. The van der Waals surface area contributed by atoms with Crippen molar-refractivity contribution < 1.29 is 9.32 Å². The second-order valence-electron chi connectivity index (χ2n) is 4.12. The van der Waals surface area contributed by atoms with Crippen molar-refractivity contribution in [1.29, 1.82) is 0 Å². The molecule has 0 aliphatic carbocycles. The molecule has 0 unspecified atom stereocenters. The number of aromatic amines is 1. The molecule has 7 heteroatoms. The molecule has 0 spiro atoms. The number of hydrogen-bond acceptors (Lipinski definition) is 5. The van der Waals surface area contributed by atoms with Gasteiger partial charge in [0.25, 0.3) is 5.91 Å². The highest BCUT2D eigenvalue weighted by molar-refractivity contribution is 6.05. The molecule has 0 radical (unpaired) electrons. The predicted molar refractivity (Wildman–Crippen MR) is 66.3 cm³/mol. The summed E-state index contributed by atoms with van der Waals surface area (Å²) in [6.45, 7) is 1.79. The molecule has 1 atom stereocenters. The highest BCUT2D eigenvalue weighted by Gasteiger charge is 2.17. The molecule has 0 saturated carbocycles. The monoisotopic (exact) mass is 257 g/mol. The van der Waals surface area contributed by atoms with Crippen molar-refractivity contribution in [2.24, 2.45) is 0 Å². The molecular weight excluding hydrogens is 246 g/mol. The number of fused-ring (bicyclic) bond motifs is 1. The van der Waals surface area contributed by atoms with Crippen LogP contribution in [0.3, 0.4) is 0 Å². The maximum absolute atomic E-state index is 12.2. The van der Waals surface area contributed by atoms with Gasteiger partial charge in [-0.3, -0.25) is 9.89 Å². The van der Waals surface area contributed by atoms with Crippen molar-refractivity contribution in [3.8, 4) is 0 Å². The fraction of sp³-hybridized carbons (Fsp3) is 0.167. The number of nitrogens with zero attached hydrogens (tertiary/aromatic N) is 3. The number of carbonyl (C=O) groups excluding carboxylic acids is 1. The maximum atomic E-state index is 12.2. The first kappa shape index (κ1) is 11.4. The van der Waals surface area contributed by atoms with Crippen LogP contribution in [0.1, 0.15) is 29.1 Å². The average Bonchev–Trinajstić information content (AvgIpc) is 3.08. The van der Waals surface area contributed by atoms with Crippen molar-refractivity contribution in [2.45, 2.75) is 13.0 Å². The minimum absolute atomic E-state index is 0.216. The third-order valence-electron chi connectivity index (χ3n) is 2.83. The molecule has 1 amide bonds. The summed E-state index contributed by atoms with van der Waals surface area (Å²) >= 11 is 0. The zero-order chi connectivity index (χ0) is 13.2. The summed E-state index contributed by atoms with van der Waals surface area (Å²) in [5.74, 6) is 0.220. The van der Waals surface area contributed by atoms with Crippen LogP contribution in [0.4, 0.5) is 0 Å². The van der Waals surface area contributed by atoms with Crippen LogP contribution in [0, 0.1) is 0 Å². The lowest BCUT2D eigenvalue weighted by Crippen LogP contribution is -2.27. The van der Waals surface area contributed by atoms with Crippen LogP contribution in [0.25, 0.3) is 10.9 Å². The molecule has 0 aliphatic heterocycles. The van der Waals surface area contributed by atoms with Gasteiger partial charge >= 0.3 is 0 Å². The molecule has 0 aliphatic rings. The Morgan fingerprint density at radius 1 is 1.47 bits per heavy atom. The first-order valence-corrected chi connectivity index (χ1v) is 5.75. The zero-order valence-electron chi connectivity index (χ0n) is 10.1. The number of rotatable bonds is 3. The Morgan fingerprint density at radius 3 is 3.16 bits per heavy atom. The number of H-pyrrole nitrogens is 1. The van der Waals surface area contributed by atoms with Gasteiger partial charge in [-0.1, -0.05) is 17.3 Å². The minimum atomic E-state index is -0.329. The molecule has 2 aromatic heterocycles. The summed E-state index contributed by atoms with van der Waals surface area (Å²) in [6.07, 6.45) is 2.91. The van der Waals surface area contributed by atoms with Gasteiger partial charge in [-0.15, -0.1) is 0 Å². The number of nitrogens with one attached hydrogen (secondary N) is 2. The molecule has 2 heterocycles.